The fraction of sp³-hybridized carbons (Fsp3) is 0.500. The zero-order chi connectivity index (χ0) is 12.2. The van der Waals surface area contributed by atoms with E-state index in [4.69, 9.17) is 4.74 Å². The number of carbonyl (C=O) groups is 1. The summed E-state index contributed by atoms with van der Waals surface area (Å²) >= 11 is 0. The number of nitrogens with one attached hydrogen (secondary N) is 1. The highest BCUT2D eigenvalue weighted by atomic mass is 16.6. The molecule has 2 atom stereocenters. The first-order chi connectivity index (χ1) is 8.79. The van der Waals surface area contributed by atoms with Crippen molar-refractivity contribution in [3.8, 4) is 0 Å². The van der Waals surface area contributed by atoms with Gasteiger partial charge in [-0.15, -0.1) is 0 Å². The first-order valence-corrected chi connectivity index (χ1v) is 6.55. The lowest BCUT2D eigenvalue weighted by Crippen LogP contribution is -2.23. The smallest absolute Gasteiger partial charge is 0.414 e. The van der Waals surface area contributed by atoms with Crippen LogP contribution in [0.5, 0.6) is 0 Å². The van der Waals surface area contributed by atoms with Crippen LogP contribution in [0.1, 0.15) is 12.0 Å². The monoisotopic (exact) mass is 244 g/mol. The van der Waals surface area contributed by atoms with Gasteiger partial charge in [-0.05, 0) is 36.6 Å². The molecule has 1 aliphatic carbocycles. The zero-order valence-corrected chi connectivity index (χ0v) is 10.2. The average Bonchev–Trinajstić information content (AvgIpc) is 2.74. The van der Waals surface area contributed by atoms with E-state index in [1.165, 1.54) is 12.0 Å². The molecule has 1 unspecified atom stereocenters. The van der Waals surface area contributed by atoms with Crippen LogP contribution in [0.3, 0.4) is 0 Å². The Hall–Kier alpha value is -1.55. The van der Waals surface area contributed by atoms with E-state index in [-0.39, 0.29) is 6.09 Å². The van der Waals surface area contributed by atoms with Crippen molar-refractivity contribution in [3.05, 3.63) is 29.8 Å². The number of rotatable bonds is 2. The van der Waals surface area contributed by atoms with Crippen LogP contribution in [0.25, 0.3) is 0 Å². The second kappa shape index (κ2) is 3.48. The van der Waals surface area contributed by atoms with Gasteiger partial charge < -0.3 is 10.1 Å². The maximum atomic E-state index is 11.5. The van der Waals surface area contributed by atoms with Gasteiger partial charge in [0.1, 0.15) is 6.61 Å². The van der Waals surface area contributed by atoms with Crippen molar-refractivity contribution in [1.29, 1.82) is 0 Å². The van der Waals surface area contributed by atoms with E-state index in [9.17, 15) is 4.79 Å². The first-order valence-electron chi connectivity index (χ1n) is 6.55. The fourth-order valence-electron chi connectivity index (χ4n) is 3.39. The lowest BCUT2D eigenvalue weighted by Gasteiger charge is -2.16. The molecule has 1 amide bonds. The molecule has 18 heavy (non-hydrogen) atoms. The quantitative estimate of drug-likeness (QED) is 0.857. The molecule has 1 N–H and O–H groups in total. The van der Waals surface area contributed by atoms with E-state index in [0.717, 1.165) is 24.7 Å². The van der Waals surface area contributed by atoms with Crippen LogP contribution in [-0.2, 0) is 10.2 Å². The molecule has 2 aliphatic heterocycles. The number of hydrogen-bond acceptors (Lipinski definition) is 3. The minimum atomic E-state index is -0.229. The summed E-state index contributed by atoms with van der Waals surface area (Å²) < 4.78 is 4.95. The fourth-order valence-corrected chi connectivity index (χ4v) is 3.39. The SMILES string of the molecule is O=C1OCCN1c1ccc([C@@]23CNCC2C3)cc1. The molecule has 1 aromatic rings. The summed E-state index contributed by atoms with van der Waals surface area (Å²) in [6.45, 7) is 3.41. The minimum Gasteiger partial charge on any atom is -0.447 e. The minimum absolute atomic E-state index is 0.229. The van der Waals surface area contributed by atoms with Crippen LogP contribution in [0, 0.1) is 5.92 Å². The van der Waals surface area contributed by atoms with Crippen molar-refractivity contribution in [2.24, 2.45) is 5.92 Å². The van der Waals surface area contributed by atoms with Crippen molar-refractivity contribution in [3.63, 3.8) is 0 Å². The van der Waals surface area contributed by atoms with Gasteiger partial charge in [0.25, 0.3) is 0 Å². The molecule has 3 fully saturated rings. The van der Waals surface area contributed by atoms with Gasteiger partial charge in [0.05, 0.1) is 6.54 Å². The molecule has 0 radical (unpaired) electrons. The Morgan fingerprint density at radius 3 is 2.72 bits per heavy atom. The third-order valence-corrected chi connectivity index (χ3v) is 4.58. The van der Waals surface area contributed by atoms with Crippen LogP contribution in [0.15, 0.2) is 24.3 Å². The third kappa shape index (κ3) is 1.32. The molecule has 2 saturated heterocycles. The Morgan fingerprint density at radius 1 is 1.33 bits per heavy atom. The van der Waals surface area contributed by atoms with E-state index in [2.05, 4.69) is 17.4 Å². The van der Waals surface area contributed by atoms with Gasteiger partial charge in [0, 0.05) is 17.6 Å². The molecule has 1 saturated carbocycles. The topological polar surface area (TPSA) is 41.6 Å². The highest BCUT2D eigenvalue weighted by molar-refractivity contribution is 5.89. The van der Waals surface area contributed by atoms with Crippen LogP contribution >= 0.6 is 0 Å². The summed E-state index contributed by atoms with van der Waals surface area (Å²) in [5.41, 5.74) is 2.75. The summed E-state index contributed by atoms with van der Waals surface area (Å²) in [4.78, 5) is 13.2. The number of ether oxygens (including phenoxy) is 1. The molecule has 0 spiro atoms. The zero-order valence-electron chi connectivity index (χ0n) is 10.2. The van der Waals surface area contributed by atoms with Crippen LogP contribution in [0.4, 0.5) is 10.5 Å². The molecule has 1 aromatic carbocycles. The second-order valence-electron chi connectivity index (χ2n) is 5.50. The molecule has 2 heterocycles. The van der Waals surface area contributed by atoms with Gasteiger partial charge in [-0.3, -0.25) is 4.90 Å². The van der Waals surface area contributed by atoms with Gasteiger partial charge in [-0.25, -0.2) is 4.79 Å². The Balaban J connectivity index is 1.60. The van der Waals surface area contributed by atoms with Gasteiger partial charge in [-0.1, -0.05) is 12.1 Å². The highest BCUT2D eigenvalue weighted by Crippen LogP contribution is 2.56. The van der Waals surface area contributed by atoms with Crippen molar-refractivity contribution in [1.82, 2.24) is 5.32 Å². The number of anilines is 1. The van der Waals surface area contributed by atoms with Gasteiger partial charge >= 0.3 is 6.09 Å². The largest absolute Gasteiger partial charge is 0.447 e. The van der Waals surface area contributed by atoms with E-state index in [0.29, 0.717) is 18.6 Å². The number of fused-ring (bicyclic) bond motifs is 1. The molecule has 0 bridgehead atoms. The number of piperidine rings is 1. The van der Waals surface area contributed by atoms with Gasteiger partial charge in [0.15, 0.2) is 0 Å². The molecule has 94 valence electrons. The average molecular weight is 244 g/mol. The summed E-state index contributed by atoms with van der Waals surface area (Å²) in [6.07, 6.45) is 1.08. The molecule has 3 aliphatic rings. The van der Waals surface area contributed by atoms with E-state index < -0.39 is 0 Å². The summed E-state index contributed by atoms with van der Waals surface area (Å²) in [5.74, 6) is 0.820. The first kappa shape index (κ1) is 10.4. The number of nitrogens with zero attached hydrogens (tertiary/aromatic N) is 1. The predicted molar refractivity (Wildman–Crippen MR) is 67.8 cm³/mol. The third-order valence-electron chi connectivity index (χ3n) is 4.58. The number of amides is 1. The Kier molecular flexibility index (Phi) is 2.01. The summed E-state index contributed by atoms with van der Waals surface area (Å²) in [7, 11) is 0. The van der Waals surface area contributed by atoms with Crippen LogP contribution < -0.4 is 10.2 Å². The van der Waals surface area contributed by atoms with Crippen molar-refractivity contribution in [2.45, 2.75) is 11.8 Å². The predicted octanol–water partition coefficient (Wildman–Crippen LogP) is 1.50. The highest BCUT2D eigenvalue weighted by Gasteiger charge is 2.57. The van der Waals surface area contributed by atoms with Crippen molar-refractivity contribution in [2.75, 3.05) is 31.1 Å². The summed E-state index contributed by atoms with van der Waals surface area (Å²) in [6, 6.07) is 8.44. The van der Waals surface area contributed by atoms with Gasteiger partial charge in [0.2, 0.25) is 0 Å². The Morgan fingerprint density at radius 2 is 2.17 bits per heavy atom. The van der Waals surface area contributed by atoms with Crippen LogP contribution in [0.2, 0.25) is 0 Å². The van der Waals surface area contributed by atoms with E-state index >= 15 is 0 Å². The van der Waals surface area contributed by atoms with Crippen molar-refractivity contribution < 1.29 is 9.53 Å². The molecular weight excluding hydrogens is 228 g/mol. The molecule has 0 aromatic heterocycles. The number of benzene rings is 1. The van der Waals surface area contributed by atoms with Crippen LogP contribution in [-0.4, -0.2) is 32.3 Å². The maximum Gasteiger partial charge on any atom is 0.414 e. The molecular formula is C14H16N2O2. The molecule has 4 heteroatoms. The standard InChI is InChI=1S/C14H16N2O2/c17-13-16(5-6-18-13)12-3-1-10(2-4-12)14-7-11(14)8-15-9-14/h1-4,11,15H,5-9H2/t11?,14-/m1/s1. The maximum absolute atomic E-state index is 11.5. The van der Waals surface area contributed by atoms with E-state index in [1.54, 1.807) is 4.90 Å². The van der Waals surface area contributed by atoms with Gasteiger partial charge in [-0.2, -0.15) is 0 Å². The number of hydrogen-bond donors (Lipinski definition) is 1. The lowest BCUT2D eigenvalue weighted by molar-refractivity contribution is 0.181. The number of carbonyl (C=O) groups excluding carboxylic acids is 1. The lowest BCUT2D eigenvalue weighted by atomic mass is 9.95. The summed E-state index contributed by atoms with van der Waals surface area (Å²) in [5, 5.41) is 3.45. The molecule has 4 rings (SSSR count). The molecule has 4 nitrogen and oxygen atoms in total. The Bertz CT molecular complexity index is 499. The van der Waals surface area contributed by atoms with Crippen molar-refractivity contribution >= 4 is 11.8 Å². The Labute approximate surface area is 106 Å². The van der Waals surface area contributed by atoms with E-state index in [1.807, 2.05) is 12.1 Å². The normalized spacial score (nSPS) is 33.4. The number of cyclic esters (lactones) is 1. The second-order valence-corrected chi connectivity index (χ2v) is 5.50.